The molecule has 0 atom stereocenters. The lowest BCUT2D eigenvalue weighted by Gasteiger charge is -2.27. The number of nitrogens with one attached hydrogen (secondary N) is 1. The number of fused-ring (bicyclic) bond motifs is 2. The lowest BCUT2D eigenvalue weighted by Crippen LogP contribution is -2.39. The number of carbonyl (C=O) groups excluding carboxylic acids is 2. The van der Waals surface area contributed by atoms with E-state index in [1.54, 1.807) is 23.2 Å². The molecule has 0 fully saturated rings. The molecule has 2 aromatic rings. The van der Waals surface area contributed by atoms with Crippen LogP contribution in [-0.2, 0) is 21.4 Å². The molecule has 2 aliphatic heterocycles. The van der Waals surface area contributed by atoms with Gasteiger partial charge in [-0.25, -0.2) is 4.98 Å². The fourth-order valence-corrected chi connectivity index (χ4v) is 4.08. The molecule has 29 heavy (non-hydrogen) atoms. The maximum absolute atomic E-state index is 12.6. The van der Waals surface area contributed by atoms with Crippen molar-refractivity contribution in [3.63, 3.8) is 0 Å². The van der Waals surface area contributed by atoms with E-state index in [2.05, 4.69) is 47.2 Å². The van der Waals surface area contributed by atoms with Crippen molar-refractivity contribution >= 4 is 29.4 Å². The Morgan fingerprint density at radius 1 is 1.31 bits per heavy atom. The summed E-state index contributed by atoms with van der Waals surface area (Å²) in [7, 11) is 1.82. The molecule has 2 aliphatic rings. The highest BCUT2D eigenvalue weighted by atomic mass is 16.2. The Morgan fingerprint density at radius 2 is 2.10 bits per heavy atom. The lowest BCUT2D eigenvalue weighted by atomic mass is 9.87. The van der Waals surface area contributed by atoms with Crippen molar-refractivity contribution in [1.29, 1.82) is 0 Å². The first-order valence-electron chi connectivity index (χ1n) is 9.90. The normalized spacial score (nSPS) is 17.1. The van der Waals surface area contributed by atoms with E-state index in [0.717, 1.165) is 17.7 Å². The van der Waals surface area contributed by atoms with Crippen molar-refractivity contribution in [1.82, 2.24) is 9.88 Å². The molecule has 0 spiro atoms. The van der Waals surface area contributed by atoms with Crippen molar-refractivity contribution in [3.05, 3.63) is 59.3 Å². The molecular formula is C23H26N4O2. The number of pyridine rings is 1. The molecule has 0 unspecified atom stereocenters. The molecular weight excluding hydrogens is 364 g/mol. The highest BCUT2D eigenvalue weighted by Crippen LogP contribution is 2.39. The molecule has 1 aromatic carbocycles. The highest BCUT2D eigenvalue weighted by molar-refractivity contribution is 5.93. The van der Waals surface area contributed by atoms with Gasteiger partial charge in [0.15, 0.2) is 0 Å². The van der Waals surface area contributed by atoms with E-state index in [0.29, 0.717) is 25.3 Å². The zero-order valence-corrected chi connectivity index (χ0v) is 17.1. The van der Waals surface area contributed by atoms with E-state index in [1.165, 1.54) is 11.3 Å². The number of hydrogen-bond donors (Lipinski definition) is 1. The van der Waals surface area contributed by atoms with Gasteiger partial charge in [0.25, 0.3) is 0 Å². The van der Waals surface area contributed by atoms with E-state index in [9.17, 15) is 9.59 Å². The summed E-state index contributed by atoms with van der Waals surface area (Å²) in [5, 5.41) is 2.77. The molecule has 2 amide bonds. The van der Waals surface area contributed by atoms with Gasteiger partial charge in [0.1, 0.15) is 5.82 Å². The number of aromatic nitrogens is 1. The monoisotopic (exact) mass is 390 g/mol. The second kappa shape index (κ2) is 7.35. The van der Waals surface area contributed by atoms with Gasteiger partial charge < -0.3 is 15.1 Å². The third-order valence-corrected chi connectivity index (χ3v) is 5.60. The van der Waals surface area contributed by atoms with Crippen molar-refractivity contribution in [2.45, 2.75) is 32.1 Å². The Labute approximate surface area is 171 Å². The van der Waals surface area contributed by atoms with Gasteiger partial charge >= 0.3 is 0 Å². The fourth-order valence-electron chi connectivity index (χ4n) is 4.08. The molecule has 3 heterocycles. The van der Waals surface area contributed by atoms with Crippen LogP contribution in [0.25, 0.3) is 6.08 Å². The number of para-hydroxylation sites is 1. The molecule has 1 aromatic heterocycles. The van der Waals surface area contributed by atoms with Crippen LogP contribution in [0.3, 0.4) is 0 Å². The third kappa shape index (κ3) is 3.88. The summed E-state index contributed by atoms with van der Waals surface area (Å²) < 4.78 is 0. The zero-order valence-electron chi connectivity index (χ0n) is 17.1. The van der Waals surface area contributed by atoms with Crippen LogP contribution in [0.15, 0.2) is 42.6 Å². The molecule has 6 heteroatoms. The number of rotatable bonds is 4. The fraction of sp³-hybridized carbons (Fsp3) is 0.348. The van der Waals surface area contributed by atoms with Crippen LogP contribution in [-0.4, -0.2) is 42.0 Å². The van der Waals surface area contributed by atoms with Gasteiger partial charge in [-0.3, -0.25) is 9.59 Å². The molecule has 0 radical (unpaired) electrons. The van der Waals surface area contributed by atoms with Crippen molar-refractivity contribution in [2.24, 2.45) is 0 Å². The number of amides is 2. The maximum atomic E-state index is 12.6. The minimum absolute atomic E-state index is 0.00300. The van der Waals surface area contributed by atoms with E-state index in [1.807, 2.05) is 19.2 Å². The Bertz CT molecular complexity index is 996. The molecule has 0 saturated carbocycles. The minimum Gasteiger partial charge on any atom is -0.353 e. The summed E-state index contributed by atoms with van der Waals surface area (Å²) >= 11 is 0. The number of hydrogen-bond acceptors (Lipinski definition) is 4. The highest BCUT2D eigenvalue weighted by Gasteiger charge is 2.35. The van der Waals surface area contributed by atoms with Crippen molar-refractivity contribution < 1.29 is 9.59 Å². The van der Waals surface area contributed by atoms with E-state index in [4.69, 9.17) is 0 Å². The first-order chi connectivity index (χ1) is 13.8. The summed E-state index contributed by atoms with van der Waals surface area (Å²) in [6, 6.07) is 10.4. The number of nitrogens with zero attached hydrogens (tertiary/aromatic N) is 3. The summed E-state index contributed by atoms with van der Waals surface area (Å²) in [5.74, 6) is 0.562. The smallest absolute Gasteiger partial charge is 0.247 e. The van der Waals surface area contributed by atoms with Gasteiger partial charge in [-0.2, -0.15) is 0 Å². The first kappa shape index (κ1) is 19.2. The second-order valence-electron chi connectivity index (χ2n) is 8.43. The van der Waals surface area contributed by atoms with Crippen LogP contribution in [0.5, 0.6) is 0 Å². The van der Waals surface area contributed by atoms with Crippen LogP contribution < -0.4 is 10.2 Å². The summed E-state index contributed by atoms with van der Waals surface area (Å²) in [6.07, 6.45) is 6.18. The standard InChI is InChI=1S/C23H26N4O2/c1-23(2)14-27(19-7-5-4-6-18(19)23)15-26(3)21(29)11-8-16-12-17-9-10-20(28)25-22(17)24-13-16/h4-8,11-13H,9-10,14-15H2,1-3H3,(H,24,25,28)/b11-8+. The number of aryl methyl sites for hydroxylation is 1. The minimum atomic E-state index is -0.0572. The van der Waals surface area contributed by atoms with Crippen molar-refractivity contribution in [2.75, 3.05) is 30.5 Å². The van der Waals surface area contributed by atoms with Gasteiger partial charge in [-0.1, -0.05) is 32.0 Å². The molecule has 0 bridgehead atoms. The second-order valence-corrected chi connectivity index (χ2v) is 8.43. The summed E-state index contributed by atoms with van der Waals surface area (Å²) in [5.41, 5.74) is 4.45. The average Bonchev–Trinajstić information content (AvgIpc) is 2.96. The van der Waals surface area contributed by atoms with Crippen LogP contribution in [0.2, 0.25) is 0 Å². The molecule has 6 nitrogen and oxygen atoms in total. The van der Waals surface area contributed by atoms with E-state index in [-0.39, 0.29) is 17.2 Å². The predicted molar refractivity (Wildman–Crippen MR) is 115 cm³/mol. The van der Waals surface area contributed by atoms with Gasteiger partial charge in [0.2, 0.25) is 11.8 Å². The number of anilines is 2. The van der Waals surface area contributed by atoms with E-state index >= 15 is 0 Å². The predicted octanol–water partition coefficient (Wildman–Crippen LogP) is 3.19. The Balaban J connectivity index is 1.42. The lowest BCUT2D eigenvalue weighted by molar-refractivity contribution is -0.124. The SMILES string of the molecule is CN(CN1CC(C)(C)c2ccccc21)C(=O)/C=C/c1cnc2c(c1)CCC(=O)N2. The molecule has 0 saturated heterocycles. The first-order valence-corrected chi connectivity index (χ1v) is 9.90. The van der Waals surface area contributed by atoms with Crippen LogP contribution in [0, 0.1) is 0 Å². The largest absolute Gasteiger partial charge is 0.353 e. The number of benzene rings is 1. The Hall–Kier alpha value is -3.15. The molecule has 150 valence electrons. The quantitative estimate of drug-likeness (QED) is 0.815. The van der Waals surface area contributed by atoms with Crippen LogP contribution in [0.1, 0.15) is 37.0 Å². The summed E-state index contributed by atoms with van der Waals surface area (Å²) in [6.45, 7) is 5.89. The summed E-state index contributed by atoms with van der Waals surface area (Å²) in [4.78, 5) is 32.4. The topological polar surface area (TPSA) is 65.5 Å². The van der Waals surface area contributed by atoms with E-state index < -0.39 is 0 Å². The Morgan fingerprint density at radius 3 is 2.93 bits per heavy atom. The number of likely N-dealkylation sites (N-methyl/N-ethyl adjacent to an activating group) is 1. The van der Waals surface area contributed by atoms with Crippen LogP contribution in [0.4, 0.5) is 11.5 Å². The van der Waals surface area contributed by atoms with Gasteiger partial charge in [-0.15, -0.1) is 0 Å². The third-order valence-electron chi connectivity index (χ3n) is 5.60. The van der Waals surface area contributed by atoms with Gasteiger partial charge in [-0.05, 0) is 41.3 Å². The van der Waals surface area contributed by atoms with Crippen LogP contribution >= 0.6 is 0 Å². The number of carbonyl (C=O) groups is 2. The molecule has 0 aliphatic carbocycles. The molecule has 1 N–H and O–H groups in total. The Kier molecular flexibility index (Phi) is 4.86. The van der Waals surface area contributed by atoms with Gasteiger partial charge in [0, 0.05) is 43.4 Å². The maximum Gasteiger partial charge on any atom is 0.247 e. The molecule has 4 rings (SSSR count). The van der Waals surface area contributed by atoms with Crippen molar-refractivity contribution in [3.8, 4) is 0 Å². The zero-order chi connectivity index (χ0) is 20.6. The van der Waals surface area contributed by atoms with Gasteiger partial charge in [0.05, 0.1) is 6.67 Å². The average molecular weight is 390 g/mol.